The molecule has 1 heterocycles. The topological polar surface area (TPSA) is 44.8 Å². The monoisotopic (exact) mass is 416 g/mol. The summed E-state index contributed by atoms with van der Waals surface area (Å²) in [5.74, 6) is 0.819. The zero-order valence-corrected chi connectivity index (χ0v) is 17.0. The van der Waals surface area contributed by atoms with E-state index in [9.17, 15) is 9.18 Å². The van der Waals surface area contributed by atoms with Crippen LogP contribution in [-0.4, -0.2) is 12.6 Å². The van der Waals surface area contributed by atoms with Crippen molar-refractivity contribution in [1.29, 1.82) is 0 Å². The number of benzene rings is 3. The molecule has 3 aromatic carbocycles. The number of ether oxygens (including phenoxy) is 3. The molecule has 0 unspecified atom stereocenters. The van der Waals surface area contributed by atoms with Crippen LogP contribution in [0.3, 0.4) is 0 Å². The third-order valence-electron chi connectivity index (χ3n) is 4.68. The number of hydrogen-bond acceptors (Lipinski definition) is 4. The summed E-state index contributed by atoms with van der Waals surface area (Å²) in [7, 11) is 0. The Morgan fingerprint density at radius 1 is 0.935 bits per heavy atom. The number of hydrogen-bond donors (Lipinski definition) is 0. The molecule has 0 radical (unpaired) electrons. The molecule has 0 fully saturated rings. The van der Waals surface area contributed by atoms with Crippen molar-refractivity contribution in [3.63, 3.8) is 0 Å². The SMILES string of the molecule is CCOc1cc(/C=C2/C=C(c3ccc(F)cc3)OC2=O)ccc1OCc1ccccc1. The summed E-state index contributed by atoms with van der Waals surface area (Å²) in [5.41, 5.74) is 2.87. The van der Waals surface area contributed by atoms with Gasteiger partial charge in [0.05, 0.1) is 12.2 Å². The van der Waals surface area contributed by atoms with Gasteiger partial charge in [0.25, 0.3) is 0 Å². The number of rotatable bonds is 7. The number of carbonyl (C=O) groups excluding carboxylic acids is 1. The first-order valence-electron chi connectivity index (χ1n) is 9.97. The van der Waals surface area contributed by atoms with Gasteiger partial charge in [-0.2, -0.15) is 0 Å². The molecule has 0 spiro atoms. The van der Waals surface area contributed by atoms with E-state index in [1.54, 1.807) is 24.3 Å². The van der Waals surface area contributed by atoms with E-state index in [0.717, 1.165) is 11.1 Å². The van der Waals surface area contributed by atoms with E-state index < -0.39 is 5.97 Å². The quantitative estimate of drug-likeness (QED) is 0.362. The second kappa shape index (κ2) is 9.30. The minimum absolute atomic E-state index is 0.345. The van der Waals surface area contributed by atoms with Crippen LogP contribution in [0.4, 0.5) is 4.39 Å². The lowest BCUT2D eigenvalue weighted by Gasteiger charge is -2.13. The van der Waals surface area contributed by atoms with E-state index in [1.807, 2.05) is 55.5 Å². The third kappa shape index (κ3) is 5.01. The Morgan fingerprint density at radius 2 is 1.71 bits per heavy atom. The van der Waals surface area contributed by atoms with Gasteiger partial charge in [-0.05, 0) is 66.6 Å². The molecular formula is C26H21FO4. The molecule has 1 aliphatic heterocycles. The first-order valence-corrected chi connectivity index (χ1v) is 9.97. The standard InChI is InChI=1S/C26H21FO4/c1-2-29-25-15-19(8-13-23(25)30-17-18-6-4-3-5-7-18)14-21-16-24(31-26(21)28)20-9-11-22(27)12-10-20/h3-16H,2,17H2,1H3/b21-14-. The maximum Gasteiger partial charge on any atom is 0.343 e. The minimum Gasteiger partial charge on any atom is -0.490 e. The van der Waals surface area contributed by atoms with Gasteiger partial charge in [-0.15, -0.1) is 0 Å². The van der Waals surface area contributed by atoms with Crippen molar-refractivity contribution in [2.75, 3.05) is 6.61 Å². The summed E-state index contributed by atoms with van der Waals surface area (Å²) in [4.78, 5) is 12.3. The minimum atomic E-state index is -0.457. The van der Waals surface area contributed by atoms with Crippen molar-refractivity contribution in [2.45, 2.75) is 13.5 Å². The molecule has 3 aromatic rings. The van der Waals surface area contributed by atoms with Gasteiger partial charge < -0.3 is 14.2 Å². The number of cyclic esters (lactones) is 1. The largest absolute Gasteiger partial charge is 0.490 e. The molecule has 0 N–H and O–H groups in total. The van der Waals surface area contributed by atoms with Gasteiger partial charge in [-0.25, -0.2) is 9.18 Å². The predicted molar refractivity (Wildman–Crippen MR) is 117 cm³/mol. The van der Waals surface area contributed by atoms with Crippen molar-refractivity contribution >= 4 is 17.8 Å². The fraction of sp³-hybridized carbons (Fsp3) is 0.115. The third-order valence-corrected chi connectivity index (χ3v) is 4.68. The van der Waals surface area contributed by atoms with Crippen LogP contribution in [0, 0.1) is 5.82 Å². The van der Waals surface area contributed by atoms with E-state index in [0.29, 0.717) is 41.6 Å². The van der Waals surface area contributed by atoms with Crippen molar-refractivity contribution in [2.24, 2.45) is 0 Å². The van der Waals surface area contributed by atoms with Crippen LogP contribution in [-0.2, 0) is 16.1 Å². The Bertz CT molecular complexity index is 1130. The van der Waals surface area contributed by atoms with E-state index >= 15 is 0 Å². The lowest BCUT2D eigenvalue weighted by Crippen LogP contribution is -2.00. The molecule has 156 valence electrons. The number of halogens is 1. The molecule has 5 heteroatoms. The molecule has 0 amide bonds. The van der Waals surface area contributed by atoms with E-state index in [-0.39, 0.29) is 5.82 Å². The molecule has 0 saturated carbocycles. The second-order valence-electron chi connectivity index (χ2n) is 6.92. The van der Waals surface area contributed by atoms with Crippen molar-refractivity contribution in [3.05, 3.63) is 107 Å². The first kappa shape index (κ1) is 20.4. The Balaban J connectivity index is 1.56. The Labute approximate surface area is 180 Å². The van der Waals surface area contributed by atoms with Crippen LogP contribution in [0.15, 0.2) is 84.4 Å². The summed E-state index contributed by atoms with van der Waals surface area (Å²) in [6, 6.07) is 21.2. The fourth-order valence-electron chi connectivity index (χ4n) is 3.16. The average Bonchev–Trinajstić information content (AvgIpc) is 3.15. The van der Waals surface area contributed by atoms with Crippen LogP contribution in [0.5, 0.6) is 11.5 Å². The summed E-state index contributed by atoms with van der Waals surface area (Å²) in [6.07, 6.45) is 3.37. The zero-order chi connectivity index (χ0) is 21.6. The highest BCUT2D eigenvalue weighted by molar-refractivity contribution is 6.05. The van der Waals surface area contributed by atoms with Crippen LogP contribution >= 0.6 is 0 Å². The molecule has 4 nitrogen and oxygen atoms in total. The fourth-order valence-corrected chi connectivity index (χ4v) is 3.16. The smallest absolute Gasteiger partial charge is 0.343 e. The lowest BCUT2D eigenvalue weighted by molar-refractivity contribution is -0.130. The average molecular weight is 416 g/mol. The first-order chi connectivity index (χ1) is 15.1. The van der Waals surface area contributed by atoms with Gasteiger partial charge >= 0.3 is 5.97 Å². The molecule has 4 rings (SSSR count). The van der Waals surface area contributed by atoms with Crippen molar-refractivity contribution in [1.82, 2.24) is 0 Å². The van der Waals surface area contributed by atoms with Gasteiger partial charge in [0.15, 0.2) is 11.5 Å². The molecule has 1 aliphatic rings. The molecule has 0 saturated heterocycles. The summed E-state index contributed by atoms with van der Waals surface area (Å²) >= 11 is 0. The van der Waals surface area contributed by atoms with Crippen LogP contribution in [0.1, 0.15) is 23.6 Å². The van der Waals surface area contributed by atoms with Crippen LogP contribution < -0.4 is 9.47 Å². The maximum absolute atomic E-state index is 13.1. The van der Waals surface area contributed by atoms with Gasteiger partial charge in [0, 0.05) is 5.56 Å². The second-order valence-corrected chi connectivity index (χ2v) is 6.92. The zero-order valence-electron chi connectivity index (χ0n) is 17.0. The number of carbonyl (C=O) groups is 1. The summed E-state index contributed by atoms with van der Waals surface area (Å²) < 4.78 is 30.1. The predicted octanol–water partition coefficient (Wildman–Crippen LogP) is 5.78. The highest BCUT2D eigenvalue weighted by atomic mass is 19.1. The summed E-state index contributed by atoms with van der Waals surface area (Å²) in [5, 5.41) is 0. The Hall–Kier alpha value is -3.86. The molecular weight excluding hydrogens is 395 g/mol. The van der Waals surface area contributed by atoms with Crippen molar-refractivity contribution < 1.29 is 23.4 Å². The molecule has 0 atom stereocenters. The number of esters is 1. The van der Waals surface area contributed by atoms with E-state index in [4.69, 9.17) is 14.2 Å². The van der Waals surface area contributed by atoms with Crippen molar-refractivity contribution in [3.8, 4) is 11.5 Å². The highest BCUT2D eigenvalue weighted by Crippen LogP contribution is 2.32. The van der Waals surface area contributed by atoms with E-state index in [2.05, 4.69) is 0 Å². The van der Waals surface area contributed by atoms with Crippen LogP contribution in [0.2, 0.25) is 0 Å². The molecule has 31 heavy (non-hydrogen) atoms. The normalized spacial score (nSPS) is 14.3. The summed E-state index contributed by atoms with van der Waals surface area (Å²) in [6.45, 7) is 2.81. The molecule has 0 aliphatic carbocycles. The van der Waals surface area contributed by atoms with Gasteiger partial charge in [-0.1, -0.05) is 36.4 Å². The van der Waals surface area contributed by atoms with Crippen LogP contribution in [0.25, 0.3) is 11.8 Å². The van der Waals surface area contributed by atoms with E-state index in [1.165, 1.54) is 12.1 Å². The lowest BCUT2D eigenvalue weighted by atomic mass is 10.1. The Kier molecular flexibility index (Phi) is 6.13. The molecule has 0 bridgehead atoms. The molecule has 0 aromatic heterocycles. The maximum atomic E-state index is 13.1. The van der Waals surface area contributed by atoms with Gasteiger partial charge in [0.1, 0.15) is 18.2 Å². The Morgan fingerprint density at radius 3 is 2.45 bits per heavy atom. The highest BCUT2D eigenvalue weighted by Gasteiger charge is 2.22. The van der Waals surface area contributed by atoms with Gasteiger partial charge in [-0.3, -0.25) is 0 Å². The van der Waals surface area contributed by atoms with Gasteiger partial charge in [0.2, 0.25) is 0 Å².